The first kappa shape index (κ1) is 12.3. The van der Waals surface area contributed by atoms with E-state index in [9.17, 15) is 4.79 Å². The molecule has 7 heteroatoms. The second kappa shape index (κ2) is 4.75. The average molecular weight is 283 g/mol. The summed E-state index contributed by atoms with van der Waals surface area (Å²) in [4.78, 5) is 23.0. The van der Waals surface area contributed by atoms with Crippen molar-refractivity contribution >= 4 is 33.3 Å². The van der Waals surface area contributed by atoms with Gasteiger partial charge in [-0.1, -0.05) is 0 Å². The molecule has 2 aromatic heterocycles. The number of thiazole rings is 1. The highest BCUT2D eigenvalue weighted by atomic mass is 32.1. The number of nitrogens with one attached hydrogen (secondary N) is 2. The van der Waals surface area contributed by atoms with Crippen LogP contribution >= 0.6 is 11.3 Å². The van der Waals surface area contributed by atoms with Crippen molar-refractivity contribution in [1.29, 1.82) is 5.26 Å². The van der Waals surface area contributed by atoms with E-state index in [1.807, 2.05) is 19.1 Å². The van der Waals surface area contributed by atoms with Gasteiger partial charge in [-0.15, -0.1) is 11.3 Å². The number of carbonyl (C=O) groups excluding carboxylic acids is 1. The van der Waals surface area contributed by atoms with Crippen LogP contribution in [0.1, 0.15) is 21.1 Å². The highest BCUT2D eigenvalue weighted by molar-refractivity contribution is 7.18. The Hall–Kier alpha value is -2.72. The van der Waals surface area contributed by atoms with Crippen LogP contribution in [0.3, 0.4) is 0 Å². The summed E-state index contributed by atoms with van der Waals surface area (Å²) in [5.41, 5.74) is 1.61. The van der Waals surface area contributed by atoms with Crippen molar-refractivity contribution in [1.82, 2.24) is 15.0 Å². The second-order valence-electron chi connectivity index (χ2n) is 4.11. The summed E-state index contributed by atoms with van der Waals surface area (Å²) in [6, 6.07) is 7.22. The standard InChI is InChI=1S/C13H9N5OS/c1-7-17-9-3-2-8(4-11(9)20-7)13(19)18-12-10(5-14)15-6-16-12/h2-4,6H,1H3,(H,15,16)(H,18,19). The van der Waals surface area contributed by atoms with E-state index in [-0.39, 0.29) is 17.4 Å². The van der Waals surface area contributed by atoms with E-state index in [1.54, 1.807) is 12.1 Å². The van der Waals surface area contributed by atoms with Crippen molar-refractivity contribution in [2.75, 3.05) is 5.32 Å². The fourth-order valence-electron chi connectivity index (χ4n) is 1.84. The summed E-state index contributed by atoms with van der Waals surface area (Å²) in [7, 11) is 0. The molecule has 0 bridgehead atoms. The van der Waals surface area contributed by atoms with Crippen LogP contribution in [0.2, 0.25) is 0 Å². The Morgan fingerprint density at radius 3 is 3.15 bits per heavy atom. The maximum Gasteiger partial charge on any atom is 0.256 e. The smallest absolute Gasteiger partial charge is 0.256 e. The number of hydrogen-bond donors (Lipinski definition) is 2. The molecule has 6 nitrogen and oxygen atoms in total. The number of aromatic nitrogens is 3. The topological polar surface area (TPSA) is 94.5 Å². The van der Waals surface area contributed by atoms with Crippen LogP contribution in [0, 0.1) is 18.3 Å². The first-order valence-electron chi connectivity index (χ1n) is 5.79. The van der Waals surface area contributed by atoms with E-state index in [0.717, 1.165) is 15.2 Å². The molecule has 0 atom stereocenters. The molecule has 2 heterocycles. The van der Waals surface area contributed by atoms with Crippen molar-refractivity contribution in [3.63, 3.8) is 0 Å². The van der Waals surface area contributed by atoms with Crippen LogP contribution in [-0.2, 0) is 0 Å². The van der Waals surface area contributed by atoms with Gasteiger partial charge in [0, 0.05) is 5.56 Å². The van der Waals surface area contributed by atoms with Gasteiger partial charge in [-0.25, -0.2) is 9.97 Å². The summed E-state index contributed by atoms with van der Waals surface area (Å²) in [5, 5.41) is 12.4. The minimum Gasteiger partial charge on any atom is -0.335 e. The Bertz CT molecular complexity index is 842. The number of carbonyl (C=O) groups is 1. The Labute approximate surface area is 118 Å². The van der Waals surface area contributed by atoms with Crippen LogP contribution in [0.4, 0.5) is 5.82 Å². The van der Waals surface area contributed by atoms with Crippen LogP contribution in [0.25, 0.3) is 10.2 Å². The van der Waals surface area contributed by atoms with E-state index in [4.69, 9.17) is 5.26 Å². The number of nitriles is 1. The monoisotopic (exact) mass is 283 g/mol. The zero-order valence-electron chi connectivity index (χ0n) is 10.5. The van der Waals surface area contributed by atoms with Gasteiger partial charge in [0.2, 0.25) is 0 Å². The van der Waals surface area contributed by atoms with Crippen molar-refractivity contribution < 1.29 is 4.79 Å². The summed E-state index contributed by atoms with van der Waals surface area (Å²) in [6.45, 7) is 1.92. The Morgan fingerprint density at radius 1 is 1.50 bits per heavy atom. The maximum atomic E-state index is 12.1. The lowest BCUT2D eigenvalue weighted by Crippen LogP contribution is -2.12. The van der Waals surface area contributed by atoms with Gasteiger partial charge in [-0.3, -0.25) is 4.79 Å². The van der Waals surface area contributed by atoms with Crippen molar-refractivity contribution in [3.8, 4) is 6.07 Å². The molecule has 3 aromatic rings. The molecule has 0 radical (unpaired) electrons. The van der Waals surface area contributed by atoms with Gasteiger partial charge in [0.15, 0.2) is 11.5 Å². The predicted molar refractivity (Wildman–Crippen MR) is 75.6 cm³/mol. The van der Waals surface area contributed by atoms with Crippen LogP contribution in [0.5, 0.6) is 0 Å². The predicted octanol–water partition coefficient (Wildman–Crippen LogP) is 2.45. The molecule has 1 aromatic carbocycles. The quantitative estimate of drug-likeness (QED) is 0.755. The van der Waals surface area contributed by atoms with E-state index in [2.05, 4.69) is 20.3 Å². The molecule has 20 heavy (non-hydrogen) atoms. The van der Waals surface area contributed by atoms with Gasteiger partial charge in [-0.2, -0.15) is 5.26 Å². The van der Waals surface area contributed by atoms with E-state index in [0.29, 0.717) is 5.56 Å². The average Bonchev–Trinajstić information content (AvgIpc) is 3.02. The number of rotatable bonds is 2. The summed E-state index contributed by atoms with van der Waals surface area (Å²) in [5.74, 6) is -0.0698. The van der Waals surface area contributed by atoms with Crippen molar-refractivity contribution in [2.45, 2.75) is 6.92 Å². The third-order valence-corrected chi connectivity index (χ3v) is 3.67. The van der Waals surface area contributed by atoms with Gasteiger partial charge in [0.1, 0.15) is 6.07 Å². The number of imidazole rings is 1. The van der Waals surface area contributed by atoms with Gasteiger partial charge in [0.25, 0.3) is 5.91 Å². The van der Waals surface area contributed by atoms with E-state index < -0.39 is 0 Å². The zero-order valence-corrected chi connectivity index (χ0v) is 11.3. The van der Waals surface area contributed by atoms with Gasteiger partial charge < -0.3 is 10.3 Å². The lowest BCUT2D eigenvalue weighted by Gasteiger charge is -2.02. The largest absolute Gasteiger partial charge is 0.335 e. The molecule has 0 saturated carbocycles. The lowest BCUT2D eigenvalue weighted by molar-refractivity contribution is 0.102. The van der Waals surface area contributed by atoms with Gasteiger partial charge in [-0.05, 0) is 25.1 Å². The third-order valence-electron chi connectivity index (χ3n) is 2.74. The molecular weight excluding hydrogens is 274 g/mol. The number of anilines is 1. The number of nitrogens with zero attached hydrogens (tertiary/aromatic N) is 3. The lowest BCUT2D eigenvalue weighted by atomic mass is 10.2. The molecular formula is C13H9N5OS. The molecule has 0 unspecified atom stereocenters. The maximum absolute atomic E-state index is 12.1. The zero-order chi connectivity index (χ0) is 14.1. The molecule has 0 spiro atoms. The molecule has 0 aliphatic heterocycles. The normalized spacial score (nSPS) is 10.4. The molecule has 0 fully saturated rings. The molecule has 0 saturated heterocycles. The number of hydrogen-bond acceptors (Lipinski definition) is 5. The number of aromatic amines is 1. The van der Waals surface area contributed by atoms with Crippen LogP contribution in [0.15, 0.2) is 24.5 Å². The highest BCUT2D eigenvalue weighted by Crippen LogP contribution is 2.23. The number of aryl methyl sites for hydroxylation is 1. The second-order valence-corrected chi connectivity index (χ2v) is 5.34. The minimum absolute atomic E-state index is 0.230. The fraction of sp³-hybridized carbons (Fsp3) is 0.0769. The van der Waals surface area contributed by atoms with E-state index in [1.165, 1.54) is 17.7 Å². The minimum atomic E-state index is -0.304. The van der Waals surface area contributed by atoms with Gasteiger partial charge in [0.05, 0.1) is 21.6 Å². The molecule has 3 rings (SSSR count). The number of benzene rings is 1. The number of H-pyrrole nitrogens is 1. The molecule has 0 aliphatic carbocycles. The first-order valence-corrected chi connectivity index (χ1v) is 6.61. The highest BCUT2D eigenvalue weighted by Gasteiger charge is 2.12. The van der Waals surface area contributed by atoms with E-state index >= 15 is 0 Å². The summed E-state index contributed by atoms with van der Waals surface area (Å²) < 4.78 is 0.956. The number of fused-ring (bicyclic) bond motifs is 1. The molecule has 1 amide bonds. The fourth-order valence-corrected chi connectivity index (χ4v) is 2.70. The summed E-state index contributed by atoms with van der Waals surface area (Å²) in [6.07, 6.45) is 1.36. The Morgan fingerprint density at radius 2 is 2.35 bits per heavy atom. The van der Waals surface area contributed by atoms with Crippen molar-refractivity contribution in [3.05, 3.63) is 40.8 Å². The first-order chi connectivity index (χ1) is 9.67. The SMILES string of the molecule is Cc1nc2ccc(C(=O)Nc3nc[nH]c3C#N)cc2s1. The molecule has 98 valence electrons. The summed E-state index contributed by atoms with van der Waals surface area (Å²) >= 11 is 1.53. The molecule has 2 N–H and O–H groups in total. The van der Waals surface area contributed by atoms with Crippen LogP contribution in [-0.4, -0.2) is 20.9 Å². The Kier molecular flexibility index (Phi) is 2.93. The number of amides is 1. The van der Waals surface area contributed by atoms with Crippen LogP contribution < -0.4 is 5.32 Å². The molecule has 0 aliphatic rings. The third kappa shape index (κ3) is 2.13. The van der Waals surface area contributed by atoms with Crippen molar-refractivity contribution in [2.24, 2.45) is 0 Å². The van der Waals surface area contributed by atoms with Gasteiger partial charge >= 0.3 is 0 Å². The Balaban J connectivity index is 1.90.